The molecular weight excluding hydrogens is 178 g/mol. The van der Waals surface area contributed by atoms with Gasteiger partial charge in [-0.3, -0.25) is 0 Å². The number of methoxy groups -OCH3 is 1. The molecule has 2 unspecified atom stereocenters. The van der Waals surface area contributed by atoms with Gasteiger partial charge in [0.05, 0.1) is 6.10 Å². The summed E-state index contributed by atoms with van der Waals surface area (Å²) in [6.45, 7) is 6.12. The summed E-state index contributed by atoms with van der Waals surface area (Å²) in [6, 6.07) is 0.486. The van der Waals surface area contributed by atoms with Crippen molar-refractivity contribution < 1.29 is 9.84 Å². The summed E-state index contributed by atoms with van der Waals surface area (Å²) in [6.07, 6.45) is 3.03. The van der Waals surface area contributed by atoms with E-state index in [4.69, 9.17) is 4.74 Å². The van der Waals surface area contributed by atoms with Gasteiger partial charge in [0.25, 0.3) is 0 Å². The van der Waals surface area contributed by atoms with Crippen LogP contribution < -0.4 is 5.32 Å². The SMILES string of the molecule is COCCCCNC1CC(O)C1(C)C. The van der Waals surface area contributed by atoms with Gasteiger partial charge in [-0.1, -0.05) is 13.8 Å². The number of ether oxygens (including phenoxy) is 1. The van der Waals surface area contributed by atoms with Gasteiger partial charge < -0.3 is 15.2 Å². The van der Waals surface area contributed by atoms with Gasteiger partial charge in [0.1, 0.15) is 0 Å². The van der Waals surface area contributed by atoms with E-state index in [9.17, 15) is 5.11 Å². The van der Waals surface area contributed by atoms with Gasteiger partial charge in [0, 0.05) is 25.2 Å². The van der Waals surface area contributed by atoms with E-state index >= 15 is 0 Å². The van der Waals surface area contributed by atoms with Gasteiger partial charge in [0.15, 0.2) is 0 Å². The van der Waals surface area contributed by atoms with Crippen molar-refractivity contribution in [3.05, 3.63) is 0 Å². The van der Waals surface area contributed by atoms with Crippen LogP contribution in [-0.2, 0) is 4.74 Å². The second-order valence-corrected chi connectivity index (χ2v) is 4.78. The monoisotopic (exact) mass is 201 g/mol. The third-order valence-electron chi connectivity index (χ3n) is 3.38. The number of aliphatic hydroxyl groups is 1. The standard InChI is InChI=1S/C11H23NO2/c1-11(2)9(8-10(11)13)12-6-4-5-7-14-3/h9-10,12-13H,4-8H2,1-3H3. The Bertz CT molecular complexity index is 171. The predicted molar refractivity (Wildman–Crippen MR) is 57.3 cm³/mol. The average Bonchev–Trinajstić information content (AvgIpc) is 2.16. The summed E-state index contributed by atoms with van der Waals surface area (Å²) < 4.78 is 4.98. The maximum absolute atomic E-state index is 9.53. The van der Waals surface area contributed by atoms with Crippen LogP contribution in [0, 0.1) is 5.41 Å². The van der Waals surface area contributed by atoms with Crippen molar-refractivity contribution in [2.45, 2.75) is 45.3 Å². The molecule has 1 fully saturated rings. The van der Waals surface area contributed by atoms with Crippen LogP contribution >= 0.6 is 0 Å². The minimum absolute atomic E-state index is 0.0568. The van der Waals surface area contributed by atoms with Gasteiger partial charge in [-0.05, 0) is 25.8 Å². The number of rotatable bonds is 6. The Kier molecular flexibility index (Phi) is 4.35. The fourth-order valence-electron chi connectivity index (χ4n) is 1.90. The molecule has 0 bridgehead atoms. The lowest BCUT2D eigenvalue weighted by Crippen LogP contribution is -2.60. The minimum Gasteiger partial charge on any atom is -0.392 e. The Morgan fingerprint density at radius 3 is 2.64 bits per heavy atom. The Hall–Kier alpha value is -0.120. The van der Waals surface area contributed by atoms with E-state index in [-0.39, 0.29) is 11.5 Å². The van der Waals surface area contributed by atoms with E-state index < -0.39 is 0 Å². The van der Waals surface area contributed by atoms with E-state index in [0.29, 0.717) is 6.04 Å². The van der Waals surface area contributed by atoms with Gasteiger partial charge in [-0.2, -0.15) is 0 Å². The van der Waals surface area contributed by atoms with Crippen LogP contribution in [-0.4, -0.2) is 37.5 Å². The largest absolute Gasteiger partial charge is 0.392 e. The van der Waals surface area contributed by atoms with Crippen molar-refractivity contribution in [1.82, 2.24) is 5.32 Å². The fraction of sp³-hybridized carbons (Fsp3) is 1.00. The smallest absolute Gasteiger partial charge is 0.0621 e. The lowest BCUT2D eigenvalue weighted by atomic mass is 9.64. The summed E-state index contributed by atoms with van der Waals surface area (Å²) in [5.74, 6) is 0. The van der Waals surface area contributed by atoms with Crippen molar-refractivity contribution in [2.24, 2.45) is 5.41 Å². The zero-order valence-electron chi connectivity index (χ0n) is 9.55. The van der Waals surface area contributed by atoms with Crippen LogP contribution in [0.5, 0.6) is 0 Å². The average molecular weight is 201 g/mol. The molecule has 0 saturated heterocycles. The molecule has 0 amide bonds. The fourth-order valence-corrected chi connectivity index (χ4v) is 1.90. The minimum atomic E-state index is -0.126. The summed E-state index contributed by atoms with van der Waals surface area (Å²) in [5.41, 5.74) is 0.0568. The summed E-state index contributed by atoms with van der Waals surface area (Å²) in [4.78, 5) is 0. The van der Waals surface area contributed by atoms with E-state index in [1.165, 1.54) is 0 Å². The second-order valence-electron chi connectivity index (χ2n) is 4.78. The zero-order chi connectivity index (χ0) is 10.6. The van der Waals surface area contributed by atoms with Crippen LogP contribution in [0.1, 0.15) is 33.1 Å². The van der Waals surface area contributed by atoms with E-state index in [1.54, 1.807) is 7.11 Å². The van der Waals surface area contributed by atoms with E-state index in [1.807, 2.05) is 0 Å². The number of aliphatic hydroxyl groups excluding tert-OH is 1. The Balaban J connectivity index is 2.03. The molecular formula is C11H23NO2. The van der Waals surface area contributed by atoms with Crippen LogP contribution in [0.2, 0.25) is 0 Å². The Labute approximate surface area is 86.8 Å². The highest BCUT2D eigenvalue weighted by molar-refractivity contribution is 5.01. The van der Waals surface area contributed by atoms with Crippen LogP contribution in [0.3, 0.4) is 0 Å². The summed E-state index contributed by atoms with van der Waals surface area (Å²) in [5, 5.41) is 13.0. The molecule has 1 aliphatic rings. The summed E-state index contributed by atoms with van der Waals surface area (Å²) in [7, 11) is 1.73. The van der Waals surface area contributed by atoms with Gasteiger partial charge in [-0.15, -0.1) is 0 Å². The van der Waals surface area contributed by atoms with Crippen molar-refractivity contribution in [3.8, 4) is 0 Å². The first-order valence-corrected chi connectivity index (χ1v) is 5.49. The number of hydrogen-bond acceptors (Lipinski definition) is 3. The third-order valence-corrected chi connectivity index (χ3v) is 3.38. The highest BCUT2D eigenvalue weighted by Gasteiger charge is 2.46. The Morgan fingerprint density at radius 1 is 1.43 bits per heavy atom. The summed E-state index contributed by atoms with van der Waals surface area (Å²) >= 11 is 0. The first-order chi connectivity index (χ1) is 6.59. The number of unbranched alkanes of at least 4 members (excludes halogenated alkanes) is 1. The maximum Gasteiger partial charge on any atom is 0.0621 e. The first kappa shape index (κ1) is 12.0. The van der Waals surface area contributed by atoms with Gasteiger partial charge in [0.2, 0.25) is 0 Å². The molecule has 3 nitrogen and oxygen atoms in total. The van der Waals surface area contributed by atoms with Crippen LogP contribution in [0.4, 0.5) is 0 Å². The van der Waals surface area contributed by atoms with Crippen molar-refractivity contribution in [3.63, 3.8) is 0 Å². The van der Waals surface area contributed by atoms with Crippen molar-refractivity contribution >= 4 is 0 Å². The predicted octanol–water partition coefficient (Wildman–Crippen LogP) is 1.16. The van der Waals surface area contributed by atoms with Crippen molar-refractivity contribution in [2.75, 3.05) is 20.3 Å². The topological polar surface area (TPSA) is 41.5 Å². The maximum atomic E-state index is 9.53. The lowest BCUT2D eigenvalue weighted by molar-refractivity contribution is -0.0723. The highest BCUT2D eigenvalue weighted by Crippen LogP contribution is 2.40. The molecule has 0 aromatic rings. The van der Waals surface area contributed by atoms with Gasteiger partial charge >= 0.3 is 0 Å². The van der Waals surface area contributed by atoms with Crippen LogP contribution in [0.25, 0.3) is 0 Å². The molecule has 0 aromatic carbocycles. The number of hydrogen-bond donors (Lipinski definition) is 2. The molecule has 3 heteroatoms. The van der Waals surface area contributed by atoms with Crippen LogP contribution in [0.15, 0.2) is 0 Å². The molecule has 14 heavy (non-hydrogen) atoms. The quantitative estimate of drug-likeness (QED) is 0.634. The molecule has 2 N–H and O–H groups in total. The first-order valence-electron chi connectivity index (χ1n) is 5.49. The molecule has 1 aliphatic carbocycles. The molecule has 0 heterocycles. The molecule has 0 aromatic heterocycles. The van der Waals surface area contributed by atoms with Crippen molar-refractivity contribution in [1.29, 1.82) is 0 Å². The normalized spacial score (nSPS) is 30.0. The molecule has 2 atom stereocenters. The molecule has 84 valence electrons. The molecule has 0 aliphatic heterocycles. The van der Waals surface area contributed by atoms with Gasteiger partial charge in [-0.25, -0.2) is 0 Å². The molecule has 1 saturated carbocycles. The molecule has 0 spiro atoms. The molecule has 0 radical (unpaired) electrons. The highest BCUT2D eigenvalue weighted by atomic mass is 16.5. The Morgan fingerprint density at radius 2 is 2.14 bits per heavy atom. The lowest BCUT2D eigenvalue weighted by Gasteiger charge is -2.49. The second kappa shape index (κ2) is 5.10. The third kappa shape index (κ3) is 2.69. The van der Waals surface area contributed by atoms with E-state index in [0.717, 1.165) is 32.4 Å². The van der Waals surface area contributed by atoms with E-state index in [2.05, 4.69) is 19.2 Å². The molecule has 1 rings (SSSR count). The zero-order valence-corrected chi connectivity index (χ0v) is 9.55. The number of nitrogens with one attached hydrogen (secondary N) is 1.